The molecule has 0 bridgehead atoms. The van der Waals surface area contributed by atoms with Gasteiger partial charge in [-0.25, -0.2) is 0 Å². The smallest absolute Gasteiger partial charge is 0.231 e. The fraction of sp³-hybridized carbons (Fsp3) is 0.182. The molecule has 7 nitrogen and oxygen atoms in total. The van der Waals surface area contributed by atoms with Crippen LogP contribution in [0.3, 0.4) is 0 Å². The van der Waals surface area contributed by atoms with Crippen LogP contribution in [-0.4, -0.2) is 17.0 Å². The first-order chi connectivity index (χ1) is 9.26. The van der Waals surface area contributed by atoms with Crippen molar-refractivity contribution in [3.05, 3.63) is 23.8 Å². The Morgan fingerprint density at radius 3 is 2.95 bits per heavy atom. The predicted octanol–water partition coefficient (Wildman–Crippen LogP) is 1.53. The summed E-state index contributed by atoms with van der Waals surface area (Å²) in [7, 11) is 0. The molecule has 1 unspecified atom stereocenters. The van der Waals surface area contributed by atoms with Crippen molar-refractivity contribution in [1.29, 1.82) is 5.26 Å². The Balaban J connectivity index is 1.84. The molecule has 2 aromatic rings. The van der Waals surface area contributed by atoms with Gasteiger partial charge in [-0.05, 0) is 17.7 Å². The molecule has 8 heteroatoms. The molecule has 0 saturated heterocycles. The molecular weight excluding hydrogens is 266 g/mol. The van der Waals surface area contributed by atoms with E-state index < -0.39 is 6.04 Å². The molecule has 1 aliphatic rings. The van der Waals surface area contributed by atoms with Crippen LogP contribution in [0, 0.1) is 11.3 Å². The minimum absolute atomic E-state index is 0.205. The van der Waals surface area contributed by atoms with E-state index in [-0.39, 0.29) is 6.79 Å². The van der Waals surface area contributed by atoms with Gasteiger partial charge in [0, 0.05) is 0 Å². The summed E-state index contributed by atoms with van der Waals surface area (Å²) in [4.78, 5) is 0. The van der Waals surface area contributed by atoms with Gasteiger partial charge in [0.05, 0.1) is 6.07 Å². The molecule has 3 N–H and O–H groups in total. The fourth-order valence-electron chi connectivity index (χ4n) is 1.70. The van der Waals surface area contributed by atoms with Crippen molar-refractivity contribution in [2.75, 3.05) is 17.8 Å². The van der Waals surface area contributed by atoms with Crippen molar-refractivity contribution in [2.45, 2.75) is 6.04 Å². The molecule has 19 heavy (non-hydrogen) atoms. The van der Waals surface area contributed by atoms with E-state index in [4.69, 9.17) is 15.2 Å². The van der Waals surface area contributed by atoms with Crippen molar-refractivity contribution in [3.8, 4) is 17.6 Å². The van der Waals surface area contributed by atoms with Crippen molar-refractivity contribution in [1.82, 2.24) is 10.2 Å². The highest BCUT2D eigenvalue weighted by molar-refractivity contribution is 7.18. The number of fused-ring (bicyclic) bond motifs is 1. The molecule has 1 aliphatic heterocycles. The summed E-state index contributed by atoms with van der Waals surface area (Å²) in [6.07, 6.45) is 0. The number of ether oxygens (including phenoxy) is 2. The Morgan fingerprint density at radius 2 is 2.21 bits per heavy atom. The monoisotopic (exact) mass is 275 g/mol. The topological polar surface area (TPSA) is 106 Å². The Kier molecular flexibility index (Phi) is 2.81. The number of hydrogen-bond acceptors (Lipinski definition) is 8. The highest BCUT2D eigenvalue weighted by atomic mass is 32.1. The molecule has 0 saturated carbocycles. The third-order valence-electron chi connectivity index (χ3n) is 2.57. The van der Waals surface area contributed by atoms with E-state index in [1.54, 1.807) is 18.2 Å². The number of benzene rings is 1. The van der Waals surface area contributed by atoms with E-state index in [0.717, 1.165) is 5.56 Å². The summed E-state index contributed by atoms with van der Waals surface area (Å²) in [6.45, 7) is 0.205. The van der Waals surface area contributed by atoms with E-state index in [0.29, 0.717) is 21.8 Å². The number of hydrogen-bond donors (Lipinski definition) is 2. The van der Waals surface area contributed by atoms with Crippen LogP contribution in [0.2, 0.25) is 0 Å². The summed E-state index contributed by atoms with van der Waals surface area (Å²) < 4.78 is 10.5. The van der Waals surface area contributed by atoms with Gasteiger partial charge >= 0.3 is 0 Å². The molecule has 3 rings (SSSR count). The Morgan fingerprint density at radius 1 is 1.37 bits per heavy atom. The van der Waals surface area contributed by atoms with Crippen LogP contribution < -0.4 is 20.5 Å². The fourth-order valence-corrected chi connectivity index (χ4v) is 2.24. The van der Waals surface area contributed by atoms with Gasteiger partial charge in [-0.3, -0.25) is 0 Å². The van der Waals surface area contributed by atoms with Gasteiger partial charge in [-0.15, -0.1) is 10.2 Å². The SMILES string of the molecule is N#CC(Nc1nnc(N)s1)c1ccc2c(c1)OCO2. The lowest BCUT2D eigenvalue weighted by Gasteiger charge is -2.10. The number of nitrogens with one attached hydrogen (secondary N) is 1. The third kappa shape index (κ3) is 2.23. The molecule has 1 atom stereocenters. The first kappa shape index (κ1) is 11.6. The maximum absolute atomic E-state index is 9.24. The van der Waals surface area contributed by atoms with Crippen LogP contribution in [-0.2, 0) is 0 Å². The summed E-state index contributed by atoms with van der Waals surface area (Å²) in [6, 6.07) is 6.96. The van der Waals surface area contributed by atoms with Crippen LogP contribution in [0.25, 0.3) is 0 Å². The molecule has 96 valence electrons. The van der Waals surface area contributed by atoms with Crippen molar-refractivity contribution >= 4 is 21.6 Å². The number of anilines is 2. The van der Waals surface area contributed by atoms with Crippen LogP contribution >= 0.6 is 11.3 Å². The second-order valence-corrected chi connectivity index (χ2v) is 4.77. The van der Waals surface area contributed by atoms with Crippen LogP contribution in [0.15, 0.2) is 18.2 Å². The van der Waals surface area contributed by atoms with Gasteiger partial charge in [-0.1, -0.05) is 17.4 Å². The molecule has 1 aromatic heterocycles. The van der Waals surface area contributed by atoms with E-state index in [1.807, 2.05) is 0 Å². The van der Waals surface area contributed by atoms with Crippen LogP contribution in [0.5, 0.6) is 11.5 Å². The van der Waals surface area contributed by atoms with Crippen molar-refractivity contribution in [3.63, 3.8) is 0 Å². The van der Waals surface area contributed by atoms with Gasteiger partial charge in [0.25, 0.3) is 0 Å². The third-order valence-corrected chi connectivity index (χ3v) is 3.25. The molecular formula is C11H9N5O2S. The quantitative estimate of drug-likeness (QED) is 0.874. The Labute approximate surface area is 112 Å². The number of nitriles is 1. The summed E-state index contributed by atoms with van der Waals surface area (Å²) in [5, 5.41) is 20.6. The second kappa shape index (κ2) is 4.62. The zero-order valence-corrected chi connectivity index (χ0v) is 10.5. The summed E-state index contributed by atoms with van der Waals surface area (Å²) >= 11 is 1.19. The van der Waals surface area contributed by atoms with Crippen LogP contribution in [0.4, 0.5) is 10.3 Å². The standard InChI is InChI=1S/C11H9N5O2S/c12-4-7(14-11-16-15-10(13)19-11)6-1-2-8-9(3-6)18-5-17-8/h1-3,7H,5H2,(H2,13,15)(H,14,16). The Hall–Kier alpha value is -2.53. The van der Waals surface area contributed by atoms with E-state index >= 15 is 0 Å². The maximum atomic E-state index is 9.24. The highest BCUT2D eigenvalue weighted by Gasteiger charge is 2.18. The Bertz CT molecular complexity index is 651. The predicted molar refractivity (Wildman–Crippen MR) is 68.9 cm³/mol. The molecule has 2 heterocycles. The van der Waals surface area contributed by atoms with Crippen LogP contribution in [0.1, 0.15) is 11.6 Å². The van der Waals surface area contributed by atoms with Gasteiger partial charge in [0.1, 0.15) is 6.04 Å². The zero-order valence-electron chi connectivity index (χ0n) is 9.66. The van der Waals surface area contributed by atoms with Gasteiger partial charge in [-0.2, -0.15) is 5.26 Å². The first-order valence-corrected chi connectivity index (χ1v) is 6.22. The number of rotatable bonds is 3. The number of aromatic nitrogens is 2. The van der Waals surface area contributed by atoms with Gasteiger partial charge in [0.15, 0.2) is 11.5 Å². The van der Waals surface area contributed by atoms with Gasteiger partial charge < -0.3 is 20.5 Å². The summed E-state index contributed by atoms with van der Waals surface area (Å²) in [5.41, 5.74) is 6.26. The number of nitrogen functional groups attached to an aromatic ring is 1. The van der Waals surface area contributed by atoms with E-state index in [2.05, 4.69) is 21.6 Å². The normalized spacial score (nSPS) is 13.8. The maximum Gasteiger partial charge on any atom is 0.231 e. The average molecular weight is 275 g/mol. The van der Waals surface area contributed by atoms with Gasteiger partial charge in [0.2, 0.25) is 17.1 Å². The average Bonchev–Trinajstić information content (AvgIpc) is 3.03. The van der Waals surface area contributed by atoms with E-state index in [9.17, 15) is 5.26 Å². The minimum Gasteiger partial charge on any atom is -0.454 e. The lowest BCUT2D eigenvalue weighted by Crippen LogP contribution is -2.08. The number of nitrogens with zero attached hydrogens (tertiary/aromatic N) is 3. The molecule has 0 amide bonds. The first-order valence-electron chi connectivity index (χ1n) is 5.41. The van der Waals surface area contributed by atoms with Crippen molar-refractivity contribution in [2.24, 2.45) is 0 Å². The molecule has 0 aliphatic carbocycles. The van der Waals surface area contributed by atoms with E-state index in [1.165, 1.54) is 11.3 Å². The lowest BCUT2D eigenvalue weighted by atomic mass is 10.1. The molecule has 1 aromatic carbocycles. The van der Waals surface area contributed by atoms with Crippen molar-refractivity contribution < 1.29 is 9.47 Å². The summed E-state index contributed by atoms with van der Waals surface area (Å²) in [5.74, 6) is 1.32. The number of nitrogens with two attached hydrogens (primary N) is 1. The molecule has 0 radical (unpaired) electrons. The largest absolute Gasteiger partial charge is 0.454 e. The second-order valence-electron chi connectivity index (χ2n) is 3.76. The molecule has 0 spiro atoms. The minimum atomic E-state index is -0.554. The molecule has 0 fully saturated rings. The lowest BCUT2D eigenvalue weighted by molar-refractivity contribution is 0.174. The highest BCUT2D eigenvalue weighted by Crippen LogP contribution is 2.35. The zero-order chi connectivity index (χ0) is 13.2.